The summed E-state index contributed by atoms with van der Waals surface area (Å²) in [6, 6.07) is 14.8. The Labute approximate surface area is 184 Å². The highest BCUT2D eigenvalue weighted by Crippen LogP contribution is 2.22. The molecule has 3 aromatic rings. The fourth-order valence-electron chi connectivity index (χ4n) is 2.89. The Balaban J connectivity index is 1.53. The Morgan fingerprint density at radius 2 is 1.84 bits per heavy atom. The quantitative estimate of drug-likeness (QED) is 0.525. The number of thiazole rings is 1. The van der Waals surface area contributed by atoms with Crippen LogP contribution in [-0.2, 0) is 33.9 Å². The average molecular weight is 438 g/mol. The van der Waals surface area contributed by atoms with Gasteiger partial charge < -0.3 is 15.4 Å². The summed E-state index contributed by atoms with van der Waals surface area (Å²) < 4.78 is 5.37. The third-order valence-electron chi connectivity index (χ3n) is 4.39. The van der Waals surface area contributed by atoms with Crippen LogP contribution >= 0.6 is 11.3 Å². The van der Waals surface area contributed by atoms with E-state index in [0.29, 0.717) is 22.9 Å². The predicted molar refractivity (Wildman–Crippen MR) is 119 cm³/mol. The van der Waals surface area contributed by atoms with E-state index in [0.717, 1.165) is 11.1 Å². The van der Waals surface area contributed by atoms with Crippen LogP contribution in [0.15, 0.2) is 53.9 Å². The molecule has 160 valence electrons. The molecule has 0 bridgehead atoms. The number of nitrogens with one attached hydrogen (secondary N) is 2. The van der Waals surface area contributed by atoms with Gasteiger partial charge in [0.05, 0.1) is 23.4 Å². The van der Waals surface area contributed by atoms with Gasteiger partial charge in [0, 0.05) is 18.8 Å². The molecular weight excluding hydrogens is 414 g/mol. The minimum absolute atomic E-state index is 0.0194. The molecule has 0 aliphatic rings. The first kappa shape index (κ1) is 22.2. The number of ether oxygens (including phenoxy) is 1. The number of para-hydroxylation sites is 1. The lowest BCUT2D eigenvalue weighted by Gasteiger charge is -2.12. The Hall–Kier alpha value is -3.52. The predicted octanol–water partition coefficient (Wildman–Crippen LogP) is 3.63. The van der Waals surface area contributed by atoms with Gasteiger partial charge in [-0.3, -0.25) is 9.59 Å². The van der Waals surface area contributed by atoms with Gasteiger partial charge >= 0.3 is 5.97 Å². The molecule has 2 amide bonds. The second-order valence-electron chi connectivity index (χ2n) is 6.93. The number of amides is 2. The van der Waals surface area contributed by atoms with E-state index in [1.807, 2.05) is 30.3 Å². The number of nitrogens with zero attached hydrogens (tertiary/aromatic N) is 1. The van der Waals surface area contributed by atoms with Gasteiger partial charge in [-0.15, -0.1) is 11.3 Å². The minimum atomic E-state index is -0.553. The van der Waals surface area contributed by atoms with E-state index in [-0.39, 0.29) is 30.4 Å². The van der Waals surface area contributed by atoms with Crippen molar-refractivity contribution in [3.8, 4) is 0 Å². The van der Waals surface area contributed by atoms with Crippen LogP contribution in [0.5, 0.6) is 0 Å². The topological polar surface area (TPSA) is 97.4 Å². The van der Waals surface area contributed by atoms with Crippen LogP contribution in [0.1, 0.15) is 39.1 Å². The Bertz CT molecular complexity index is 1080. The third kappa shape index (κ3) is 6.48. The number of rotatable bonds is 8. The van der Waals surface area contributed by atoms with Crippen molar-refractivity contribution in [2.75, 3.05) is 5.32 Å². The van der Waals surface area contributed by atoms with E-state index >= 15 is 0 Å². The Morgan fingerprint density at radius 3 is 2.58 bits per heavy atom. The van der Waals surface area contributed by atoms with E-state index in [1.54, 1.807) is 30.5 Å². The summed E-state index contributed by atoms with van der Waals surface area (Å²) in [6.45, 7) is 3.63. The standard InChI is InChI=1S/C23H23N3O4S/c1-15-7-6-10-19(22(15)25-16(2)27)23(29)30-13-18-14-31-21(26-18)11-20(28)24-12-17-8-4-3-5-9-17/h3-10,14H,11-13H2,1-2H3,(H,24,28)(H,25,27). The van der Waals surface area contributed by atoms with Crippen LogP contribution in [-0.4, -0.2) is 22.8 Å². The first-order valence-electron chi connectivity index (χ1n) is 9.70. The average Bonchev–Trinajstić information content (AvgIpc) is 3.19. The zero-order chi connectivity index (χ0) is 22.2. The van der Waals surface area contributed by atoms with Crippen molar-refractivity contribution in [2.45, 2.75) is 33.4 Å². The van der Waals surface area contributed by atoms with Gasteiger partial charge in [-0.05, 0) is 24.1 Å². The molecule has 0 atom stereocenters. The number of hydrogen-bond acceptors (Lipinski definition) is 6. The molecule has 8 heteroatoms. The first-order valence-corrected chi connectivity index (χ1v) is 10.6. The fraction of sp³-hybridized carbons (Fsp3) is 0.217. The lowest BCUT2D eigenvalue weighted by Crippen LogP contribution is -2.24. The normalized spacial score (nSPS) is 10.4. The van der Waals surface area contributed by atoms with Crippen LogP contribution in [0.25, 0.3) is 0 Å². The molecule has 0 fully saturated rings. The zero-order valence-electron chi connectivity index (χ0n) is 17.3. The summed E-state index contributed by atoms with van der Waals surface area (Å²) in [6.07, 6.45) is 0.163. The van der Waals surface area contributed by atoms with Crippen molar-refractivity contribution in [1.29, 1.82) is 0 Å². The molecule has 2 N–H and O–H groups in total. The number of anilines is 1. The van der Waals surface area contributed by atoms with Crippen LogP contribution in [0.4, 0.5) is 5.69 Å². The van der Waals surface area contributed by atoms with Crippen LogP contribution in [0.2, 0.25) is 0 Å². The first-order chi connectivity index (χ1) is 14.9. The molecule has 0 saturated heterocycles. The number of aromatic nitrogens is 1. The van der Waals surface area contributed by atoms with E-state index in [9.17, 15) is 14.4 Å². The number of carbonyl (C=O) groups is 3. The van der Waals surface area contributed by atoms with Crippen LogP contribution < -0.4 is 10.6 Å². The van der Waals surface area contributed by atoms with E-state index in [1.165, 1.54) is 18.3 Å². The number of benzene rings is 2. The lowest BCUT2D eigenvalue weighted by atomic mass is 10.1. The van der Waals surface area contributed by atoms with Crippen molar-refractivity contribution in [1.82, 2.24) is 10.3 Å². The van der Waals surface area contributed by atoms with Crippen molar-refractivity contribution < 1.29 is 19.1 Å². The Morgan fingerprint density at radius 1 is 1.06 bits per heavy atom. The second-order valence-corrected chi connectivity index (χ2v) is 7.87. The molecule has 0 aliphatic heterocycles. The van der Waals surface area contributed by atoms with Crippen molar-refractivity contribution in [3.63, 3.8) is 0 Å². The lowest BCUT2D eigenvalue weighted by molar-refractivity contribution is -0.120. The molecule has 0 unspecified atom stereocenters. The summed E-state index contributed by atoms with van der Waals surface area (Å²) in [5.74, 6) is -0.943. The number of aryl methyl sites for hydroxylation is 1. The Kier molecular flexibility index (Phi) is 7.50. The second kappa shape index (κ2) is 10.5. The van der Waals surface area contributed by atoms with E-state index in [4.69, 9.17) is 4.74 Å². The maximum Gasteiger partial charge on any atom is 0.340 e. The molecule has 31 heavy (non-hydrogen) atoms. The number of carbonyl (C=O) groups excluding carboxylic acids is 3. The monoisotopic (exact) mass is 437 g/mol. The van der Waals surface area contributed by atoms with Crippen LogP contribution in [0, 0.1) is 6.92 Å². The van der Waals surface area contributed by atoms with Crippen LogP contribution in [0.3, 0.4) is 0 Å². The molecule has 7 nitrogen and oxygen atoms in total. The summed E-state index contributed by atoms with van der Waals surface area (Å²) in [4.78, 5) is 40.5. The summed E-state index contributed by atoms with van der Waals surface area (Å²) >= 11 is 1.34. The molecule has 1 aromatic heterocycles. The molecule has 2 aromatic carbocycles. The minimum Gasteiger partial charge on any atom is -0.455 e. The number of esters is 1. The molecule has 0 radical (unpaired) electrons. The molecule has 3 rings (SSSR count). The third-order valence-corrected chi connectivity index (χ3v) is 5.29. The highest BCUT2D eigenvalue weighted by atomic mass is 32.1. The van der Waals surface area contributed by atoms with Crippen molar-refractivity contribution in [2.24, 2.45) is 0 Å². The van der Waals surface area contributed by atoms with Gasteiger partial charge in [-0.1, -0.05) is 42.5 Å². The molecule has 0 spiro atoms. The number of hydrogen-bond donors (Lipinski definition) is 2. The highest BCUT2D eigenvalue weighted by molar-refractivity contribution is 7.09. The van der Waals surface area contributed by atoms with Gasteiger partial charge in [0.2, 0.25) is 11.8 Å². The SMILES string of the molecule is CC(=O)Nc1c(C)cccc1C(=O)OCc1csc(CC(=O)NCc2ccccc2)n1. The maximum absolute atomic E-state index is 12.5. The van der Waals surface area contributed by atoms with Gasteiger partial charge in [-0.25, -0.2) is 9.78 Å². The zero-order valence-corrected chi connectivity index (χ0v) is 18.1. The van der Waals surface area contributed by atoms with Gasteiger partial charge in [-0.2, -0.15) is 0 Å². The van der Waals surface area contributed by atoms with Crippen molar-refractivity contribution >= 4 is 34.8 Å². The summed E-state index contributed by atoms with van der Waals surface area (Å²) in [7, 11) is 0. The summed E-state index contributed by atoms with van der Waals surface area (Å²) in [5.41, 5.74) is 3.08. The van der Waals surface area contributed by atoms with Gasteiger partial charge in [0.25, 0.3) is 0 Å². The maximum atomic E-state index is 12.5. The van der Waals surface area contributed by atoms with E-state index < -0.39 is 5.97 Å². The molecule has 1 heterocycles. The highest BCUT2D eigenvalue weighted by Gasteiger charge is 2.16. The molecule has 0 saturated carbocycles. The smallest absolute Gasteiger partial charge is 0.340 e. The molecule has 0 aliphatic carbocycles. The van der Waals surface area contributed by atoms with Crippen molar-refractivity contribution in [3.05, 3.63) is 81.3 Å². The largest absolute Gasteiger partial charge is 0.455 e. The van der Waals surface area contributed by atoms with Gasteiger partial charge in [0.1, 0.15) is 11.6 Å². The van der Waals surface area contributed by atoms with E-state index in [2.05, 4.69) is 15.6 Å². The van der Waals surface area contributed by atoms with Gasteiger partial charge in [0.15, 0.2) is 0 Å². The fourth-order valence-corrected chi connectivity index (χ4v) is 3.67. The summed E-state index contributed by atoms with van der Waals surface area (Å²) in [5, 5.41) is 7.94. The molecular formula is C23H23N3O4S.